The van der Waals surface area contributed by atoms with Crippen molar-refractivity contribution in [3.05, 3.63) is 34.3 Å². The molecule has 0 aromatic heterocycles. The molecule has 1 aliphatic carbocycles. The molecule has 104 valence electrons. The summed E-state index contributed by atoms with van der Waals surface area (Å²) >= 11 is 21.4. The number of rotatable bonds is 3. The second-order valence-electron chi connectivity index (χ2n) is 4.92. The smallest absolute Gasteiger partial charge is 0.241 e. The van der Waals surface area contributed by atoms with Crippen molar-refractivity contribution < 1.29 is 4.79 Å². The number of alkyl halides is 3. The predicted molar refractivity (Wildman–Crippen MR) is 83.0 cm³/mol. The van der Waals surface area contributed by atoms with Crippen molar-refractivity contribution in [1.82, 2.24) is 5.32 Å². The Morgan fingerprint density at radius 2 is 1.79 bits per heavy atom. The standard InChI is InChI=1S/C13H13BrCl3NO/c1-8(9-2-4-10(14)5-3-9)18-11(19)12(15)6-13(16,17)7-12/h2-5,8H,6-7H2,1H3,(H,18,19)/t8-/m1/s1. The SMILES string of the molecule is C[C@@H](NC(=O)C1(Cl)CC(Cl)(Cl)C1)c1ccc(Br)cc1. The molecular formula is C13H13BrCl3NO. The summed E-state index contributed by atoms with van der Waals surface area (Å²) in [6.45, 7) is 1.91. The fraction of sp³-hybridized carbons (Fsp3) is 0.462. The first-order chi connectivity index (χ1) is 8.72. The summed E-state index contributed by atoms with van der Waals surface area (Å²) in [6.07, 6.45) is 0.535. The first-order valence-corrected chi connectivity index (χ1v) is 7.78. The van der Waals surface area contributed by atoms with Gasteiger partial charge in [-0.2, -0.15) is 0 Å². The fourth-order valence-corrected chi connectivity index (χ4v) is 4.05. The average molecular weight is 386 g/mol. The molecule has 1 fully saturated rings. The molecule has 0 saturated heterocycles. The summed E-state index contributed by atoms with van der Waals surface area (Å²) in [5.74, 6) is -0.221. The molecule has 1 aromatic rings. The molecule has 2 nitrogen and oxygen atoms in total. The van der Waals surface area contributed by atoms with Crippen LogP contribution in [0, 0.1) is 0 Å². The van der Waals surface area contributed by atoms with E-state index >= 15 is 0 Å². The van der Waals surface area contributed by atoms with E-state index in [4.69, 9.17) is 34.8 Å². The normalized spacial score (nSPS) is 21.3. The third kappa shape index (κ3) is 3.57. The van der Waals surface area contributed by atoms with E-state index in [0.717, 1.165) is 10.0 Å². The Morgan fingerprint density at radius 1 is 1.26 bits per heavy atom. The van der Waals surface area contributed by atoms with Crippen molar-refractivity contribution in [3.63, 3.8) is 0 Å². The third-order valence-corrected chi connectivity index (χ3v) is 4.70. The zero-order chi connectivity index (χ0) is 14.3. The molecular weight excluding hydrogens is 372 g/mol. The minimum absolute atomic E-state index is 0.114. The molecule has 0 unspecified atom stereocenters. The van der Waals surface area contributed by atoms with Gasteiger partial charge in [0.2, 0.25) is 5.91 Å². The van der Waals surface area contributed by atoms with Gasteiger partial charge in [-0.15, -0.1) is 34.8 Å². The maximum absolute atomic E-state index is 12.1. The van der Waals surface area contributed by atoms with Crippen LogP contribution >= 0.6 is 50.7 Å². The molecule has 19 heavy (non-hydrogen) atoms. The van der Waals surface area contributed by atoms with E-state index in [-0.39, 0.29) is 24.8 Å². The third-order valence-electron chi connectivity index (χ3n) is 3.20. The highest BCUT2D eigenvalue weighted by Crippen LogP contribution is 2.53. The van der Waals surface area contributed by atoms with Crippen LogP contribution in [0.2, 0.25) is 0 Å². The van der Waals surface area contributed by atoms with Crippen LogP contribution in [0.3, 0.4) is 0 Å². The highest BCUT2D eigenvalue weighted by atomic mass is 79.9. The molecule has 1 aliphatic rings. The van der Waals surface area contributed by atoms with Gasteiger partial charge in [-0.3, -0.25) is 4.79 Å². The fourth-order valence-electron chi connectivity index (χ4n) is 2.09. The molecule has 0 heterocycles. The van der Waals surface area contributed by atoms with E-state index < -0.39 is 9.21 Å². The van der Waals surface area contributed by atoms with Gasteiger partial charge in [-0.25, -0.2) is 0 Å². The number of hydrogen-bond acceptors (Lipinski definition) is 1. The van der Waals surface area contributed by atoms with Gasteiger partial charge in [-0.05, 0) is 24.6 Å². The van der Waals surface area contributed by atoms with Gasteiger partial charge in [0.1, 0.15) is 9.21 Å². The summed E-state index contributed by atoms with van der Waals surface area (Å²) in [5, 5.41) is 2.89. The van der Waals surface area contributed by atoms with E-state index in [1.54, 1.807) is 0 Å². The molecule has 1 saturated carbocycles. The molecule has 1 atom stereocenters. The van der Waals surface area contributed by atoms with E-state index in [0.29, 0.717) is 0 Å². The summed E-state index contributed by atoms with van der Waals surface area (Å²) in [6, 6.07) is 7.64. The molecule has 0 radical (unpaired) electrons. The highest BCUT2D eigenvalue weighted by Gasteiger charge is 2.56. The molecule has 1 amide bonds. The minimum Gasteiger partial charge on any atom is -0.348 e. The van der Waals surface area contributed by atoms with Crippen molar-refractivity contribution in [2.24, 2.45) is 0 Å². The van der Waals surface area contributed by atoms with Gasteiger partial charge < -0.3 is 5.32 Å². The molecule has 2 rings (SSSR count). The van der Waals surface area contributed by atoms with Crippen molar-refractivity contribution in [3.8, 4) is 0 Å². The van der Waals surface area contributed by atoms with Crippen molar-refractivity contribution in [2.45, 2.75) is 35.0 Å². The van der Waals surface area contributed by atoms with Crippen LogP contribution in [-0.4, -0.2) is 15.1 Å². The number of carbonyl (C=O) groups is 1. The van der Waals surface area contributed by atoms with Gasteiger partial charge in [0.25, 0.3) is 0 Å². The Balaban J connectivity index is 1.98. The Kier molecular flexibility index (Phi) is 4.41. The van der Waals surface area contributed by atoms with Crippen LogP contribution < -0.4 is 5.32 Å². The summed E-state index contributed by atoms with van der Waals surface area (Å²) < 4.78 is 0.122. The lowest BCUT2D eigenvalue weighted by molar-refractivity contribution is -0.126. The number of carbonyl (C=O) groups excluding carboxylic acids is 1. The van der Waals surface area contributed by atoms with Gasteiger partial charge in [0.05, 0.1) is 6.04 Å². The maximum atomic E-state index is 12.1. The number of hydrogen-bond donors (Lipinski definition) is 1. The van der Waals surface area contributed by atoms with E-state index in [1.807, 2.05) is 31.2 Å². The van der Waals surface area contributed by atoms with Gasteiger partial charge in [0, 0.05) is 17.3 Å². The lowest BCUT2D eigenvalue weighted by Crippen LogP contribution is -2.56. The van der Waals surface area contributed by atoms with Crippen LogP contribution in [0.5, 0.6) is 0 Å². The number of nitrogens with one attached hydrogen (secondary N) is 1. The van der Waals surface area contributed by atoms with Gasteiger partial charge in [-0.1, -0.05) is 28.1 Å². The zero-order valence-electron chi connectivity index (χ0n) is 10.2. The Hall–Kier alpha value is 0.0400. The molecule has 1 N–H and O–H groups in total. The summed E-state index contributed by atoms with van der Waals surface area (Å²) in [7, 11) is 0. The monoisotopic (exact) mass is 383 g/mol. The van der Waals surface area contributed by atoms with E-state index in [2.05, 4.69) is 21.2 Å². The van der Waals surface area contributed by atoms with Crippen LogP contribution in [0.25, 0.3) is 0 Å². The van der Waals surface area contributed by atoms with Crippen LogP contribution in [-0.2, 0) is 4.79 Å². The second-order valence-corrected chi connectivity index (χ2v) is 8.20. The number of amides is 1. The lowest BCUT2D eigenvalue weighted by Gasteiger charge is -2.44. The Bertz CT molecular complexity index is 481. The minimum atomic E-state index is -0.979. The molecule has 0 bridgehead atoms. The predicted octanol–water partition coefficient (Wildman–Crippen LogP) is 4.57. The van der Waals surface area contributed by atoms with Crippen molar-refractivity contribution >= 4 is 56.6 Å². The quantitative estimate of drug-likeness (QED) is 0.759. The summed E-state index contributed by atoms with van der Waals surface area (Å²) in [5.41, 5.74) is 1.01. The lowest BCUT2D eigenvalue weighted by atomic mass is 9.82. The van der Waals surface area contributed by atoms with Crippen LogP contribution in [0.15, 0.2) is 28.7 Å². The number of benzene rings is 1. The largest absolute Gasteiger partial charge is 0.348 e. The molecule has 6 heteroatoms. The van der Waals surface area contributed by atoms with Gasteiger partial charge >= 0.3 is 0 Å². The summed E-state index contributed by atoms with van der Waals surface area (Å²) in [4.78, 5) is 11.1. The maximum Gasteiger partial charge on any atom is 0.241 e. The van der Waals surface area contributed by atoms with E-state index in [1.165, 1.54) is 0 Å². The number of halogens is 4. The second kappa shape index (κ2) is 5.44. The van der Waals surface area contributed by atoms with Gasteiger partial charge in [0.15, 0.2) is 0 Å². The van der Waals surface area contributed by atoms with Crippen LogP contribution in [0.4, 0.5) is 0 Å². The zero-order valence-corrected chi connectivity index (χ0v) is 14.1. The van der Waals surface area contributed by atoms with Crippen LogP contribution in [0.1, 0.15) is 31.4 Å². The molecule has 0 spiro atoms. The average Bonchev–Trinajstić information content (AvgIpc) is 2.26. The first-order valence-electron chi connectivity index (χ1n) is 5.85. The first kappa shape index (κ1) is 15.4. The topological polar surface area (TPSA) is 29.1 Å². The van der Waals surface area contributed by atoms with Crippen molar-refractivity contribution in [2.75, 3.05) is 0 Å². The van der Waals surface area contributed by atoms with Crippen molar-refractivity contribution in [1.29, 1.82) is 0 Å². The molecule has 0 aliphatic heterocycles. The highest BCUT2D eigenvalue weighted by molar-refractivity contribution is 9.10. The van der Waals surface area contributed by atoms with E-state index in [9.17, 15) is 4.79 Å². The Labute approximate surface area is 135 Å². The Morgan fingerprint density at radius 3 is 2.26 bits per heavy atom. The molecule has 1 aromatic carbocycles.